The van der Waals surface area contributed by atoms with Crippen molar-refractivity contribution in [1.82, 2.24) is 0 Å². The zero-order valence-electron chi connectivity index (χ0n) is 3.89. The molecule has 0 N–H and O–H groups in total. The molecule has 0 saturated carbocycles. The molecule has 0 radical (unpaired) electrons. The van der Waals surface area contributed by atoms with Gasteiger partial charge in [0.1, 0.15) is 0 Å². The van der Waals surface area contributed by atoms with Gasteiger partial charge < -0.3 is 0 Å². The Bertz CT molecular complexity index is 93.7. The van der Waals surface area contributed by atoms with Crippen LogP contribution in [0.2, 0.25) is 0 Å². The Hall–Kier alpha value is 0.630. The van der Waals surface area contributed by atoms with Gasteiger partial charge in [-0.2, -0.15) is 0 Å². The molecule has 42 valence electrons. The van der Waals surface area contributed by atoms with E-state index in [1.165, 1.54) is 0 Å². The molecule has 1 heterocycles. The van der Waals surface area contributed by atoms with Gasteiger partial charge in [0.25, 0.3) is 0 Å². The van der Waals surface area contributed by atoms with E-state index in [0.717, 1.165) is 17.9 Å². The molecule has 0 bridgehead atoms. The van der Waals surface area contributed by atoms with E-state index < -0.39 is 10.8 Å². The van der Waals surface area contributed by atoms with Gasteiger partial charge in [-0.1, -0.05) is 15.9 Å². The van der Waals surface area contributed by atoms with Crippen molar-refractivity contribution in [3.63, 3.8) is 0 Å². The Labute approximate surface area is 54.1 Å². The summed E-state index contributed by atoms with van der Waals surface area (Å²) in [5.41, 5.74) is 0. The molecular formula is C4H7BrOS. The first-order valence-electron chi connectivity index (χ1n) is 2.28. The van der Waals surface area contributed by atoms with Gasteiger partial charge in [0.05, 0.1) is 0 Å². The maximum atomic E-state index is 10.5. The van der Waals surface area contributed by atoms with E-state index in [2.05, 4.69) is 15.9 Å². The number of hydrogen-bond donors (Lipinski definition) is 0. The Kier molecular flexibility index (Phi) is 1.87. The van der Waals surface area contributed by atoms with Crippen LogP contribution in [0.25, 0.3) is 0 Å². The lowest BCUT2D eigenvalue weighted by Gasteiger charge is -1.87. The quantitative estimate of drug-likeness (QED) is 0.510. The summed E-state index contributed by atoms with van der Waals surface area (Å²) < 4.78 is 10.5. The van der Waals surface area contributed by atoms with Crippen LogP contribution in [0.15, 0.2) is 0 Å². The van der Waals surface area contributed by atoms with Crippen molar-refractivity contribution in [1.29, 1.82) is 0 Å². The maximum absolute atomic E-state index is 10.5. The molecule has 3 heteroatoms. The first-order valence-corrected chi connectivity index (χ1v) is 4.68. The van der Waals surface area contributed by atoms with Crippen molar-refractivity contribution in [2.75, 3.05) is 11.5 Å². The smallest absolute Gasteiger partial charge is 0.0360 e. The van der Waals surface area contributed by atoms with Crippen LogP contribution in [-0.4, -0.2) is 20.5 Å². The summed E-state index contributed by atoms with van der Waals surface area (Å²) in [6.45, 7) is 0. The van der Waals surface area contributed by atoms with Gasteiger partial charge in [-0.05, 0) is 6.42 Å². The van der Waals surface area contributed by atoms with E-state index in [1.54, 1.807) is 0 Å². The van der Waals surface area contributed by atoms with Crippen LogP contribution in [0.5, 0.6) is 0 Å². The third kappa shape index (κ3) is 1.53. The maximum Gasteiger partial charge on any atom is 0.0360 e. The second kappa shape index (κ2) is 2.27. The predicted molar refractivity (Wildman–Crippen MR) is 35.2 cm³/mol. The van der Waals surface area contributed by atoms with E-state index >= 15 is 0 Å². The molecule has 1 aliphatic heterocycles. The summed E-state index contributed by atoms with van der Waals surface area (Å²) in [6, 6.07) is 0. The lowest BCUT2D eigenvalue weighted by Crippen LogP contribution is -1.94. The summed E-state index contributed by atoms with van der Waals surface area (Å²) in [5.74, 6) is 1.76. The molecule has 0 aliphatic carbocycles. The molecule has 2 atom stereocenters. The van der Waals surface area contributed by atoms with Gasteiger partial charge in [-0.25, -0.2) is 0 Å². The van der Waals surface area contributed by atoms with Crippen LogP contribution in [0.1, 0.15) is 6.42 Å². The van der Waals surface area contributed by atoms with E-state index in [-0.39, 0.29) is 0 Å². The summed E-state index contributed by atoms with van der Waals surface area (Å²) in [7, 11) is -0.500. The molecule has 0 spiro atoms. The Morgan fingerprint density at radius 1 is 1.71 bits per heavy atom. The molecule has 1 aliphatic rings. The highest BCUT2D eigenvalue weighted by Gasteiger charge is 2.16. The van der Waals surface area contributed by atoms with Crippen LogP contribution in [0.4, 0.5) is 0 Å². The first kappa shape index (κ1) is 5.76. The lowest BCUT2D eigenvalue weighted by molar-refractivity contribution is 0.687. The fraction of sp³-hybridized carbons (Fsp3) is 1.00. The van der Waals surface area contributed by atoms with Gasteiger partial charge in [0.2, 0.25) is 0 Å². The Morgan fingerprint density at radius 2 is 2.43 bits per heavy atom. The fourth-order valence-corrected chi connectivity index (χ4v) is 3.33. The second-order valence-corrected chi connectivity index (χ2v) is 4.61. The summed E-state index contributed by atoms with van der Waals surface area (Å²) in [4.78, 5) is 0.535. The fourth-order valence-electron chi connectivity index (χ4n) is 0.628. The zero-order valence-corrected chi connectivity index (χ0v) is 6.30. The standard InChI is InChI=1S/C4H7BrOS/c5-4-1-2-7(6)3-4/h4H,1-3H2/t4-,7?/m0/s1. The normalized spacial score (nSPS) is 41.9. The third-order valence-corrected chi connectivity index (χ3v) is 3.70. The molecule has 1 rings (SSSR count). The lowest BCUT2D eigenvalue weighted by atomic mass is 10.4. The van der Waals surface area contributed by atoms with Crippen LogP contribution in [0.3, 0.4) is 0 Å². The average molecular weight is 183 g/mol. The zero-order chi connectivity index (χ0) is 5.28. The second-order valence-electron chi connectivity index (χ2n) is 1.70. The molecule has 7 heavy (non-hydrogen) atoms. The van der Waals surface area contributed by atoms with Crippen molar-refractivity contribution >= 4 is 26.7 Å². The highest BCUT2D eigenvalue weighted by atomic mass is 79.9. The Balaban J connectivity index is 2.40. The predicted octanol–water partition coefficient (Wildman–Crippen LogP) is 0.902. The van der Waals surface area contributed by atoms with Crippen LogP contribution in [0, 0.1) is 0 Å². The Morgan fingerprint density at radius 3 is 2.57 bits per heavy atom. The van der Waals surface area contributed by atoms with Gasteiger partial charge in [0, 0.05) is 27.1 Å². The number of halogens is 1. The van der Waals surface area contributed by atoms with E-state index in [9.17, 15) is 4.21 Å². The number of hydrogen-bond acceptors (Lipinski definition) is 1. The summed E-state index contributed by atoms with van der Waals surface area (Å²) >= 11 is 3.39. The van der Waals surface area contributed by atoms with Crippen molar-refractivity contribution < 1.29 is 4.21 Å². The number of alkyl halides is 1. The first-order chi connectivity index (χ1) is 3.29. The van der Waals surface area contributed by atoms with Gasteiger partial charge in [0.15, 0.2) is 0 Å². The topological polar surface area (TPSA) is 17.1 Å². The van der Waals surface area contributed by atoms with Crippen molar-refractivity contribution in [2.24, 2.45) is 0 Å². The largest absolute Gasteiger partial charge is 0.260 e. The van der Waals surface area contributed by atoms with Crippen LogP contribution in [-0.2, 0) is 10.8 Å². The van der Waals surface area contributed by atoms with E-state index in [4.69, 9.17) is 0 Å². The molecule has 1 nitrogen and oxygen atoms in total. The summed E-state index contributed by atoms with van der Waals surface area (Å²) in [6.07, 6.45) is 1.09. The highest BCUT2D eigenvalue weighted by Crippen LogP contribution is 2.14. The average Bonchev–Trinajstić information content (AvgIpc) is 1.87. The van der Waals surface area contributed by atoms with Crippen LogP contribution >= 0.6 is 15.9 Å². The molecular weight excluding hydrogens is 176 g/mol. The molecule has 0 aromatic carbocycles. The monoisotopic (exact) mass is 182 g/mol. The highest BCUT2D eigenvalue weighted by molar-refractivity contribution is 9.09. The minimum absolute atomic E-state index is 0.500. The minimum Gasteiger partial charge on any atom is -0.260 e. The van der Waals surface area contributed by atoms with Crippen molar-refractivity contribution in [3.05, 3.63) is 0 Å². The number of rotatable bonds is 0. The van der Waals surface area contributed by atoms with Gasteiger partial charge in [-0.15, -0.1) is 0 Å². The molecule has 0 amide bonds. The molecule has 0 aromatic heterocycles. The van der Waals surface area contributed by atoms with E-state index in [1.807, 2.05) is 0 Å². The van der Waals surface area contributed by atoms with Crippen molar-refractivity contribution in [3.8, 4) is 0 Å². The van der Waals surface area contributed by atoms with Gasteiger partial charge in [-0.3, -0.25) is 4.21 Å². The SMILES string of the molecule is O=S1CC[C@H](Br)C1. The summed E-state index contributed by atoms with van der Waals surface area (Å²) in [5, 5.41) is 0. The van der Waals surface area contributed by atoms with Gasteiger partial charge >= 0.3 is 0 Å². The molecule has 0 aromatic rings. The van der Waals surface area contributed by atoms with Crippen LogP contribution < -0.4 is 0 Å². The molecule has 1 fully saturated rings. The van der Waals surface area contributed by atoms with E-state index in [0.29, 0.717) is 4.83 Å². The minimum atomic E-state index is -0.500. The third-order valence-electron chi connectivity index (χ3n) is 1.03. The molecule has 1 saturated heterocycles. The molecule has 1 unspecified atom stereocenters. The van der Waals surface area contributed by atoms with Crippen molar-refractivity contribution in [2.45, 2.75) is 11.2 Å².